The lowest BCUT2D eigenvalue weighted by molar-refractivity contribution is -0.149. The van der Waals surface area contributed by atoms with Crippen LogP contribution in [0.25, 0.3) is 0 Å². The van der Waals surface area contributed by atoms with Crippen molar-refractivity contribution in [3.8, 4) is 0 Å². The van der Waals surface area contributed by atoms with Gasteiger partial charge in [0.1, 0.15) is 6.10 Å². The molecule has 16 heavy (non-hydrogen) atoms. The van der Waals surface area contributed by atoms with Crippen LogP contribution in [0.15, 0.2) is 17.5 Å². The number of esters is 1. The fourth-order valence-electron chi connectivity index (χ4n) is 1.22. The van der Waals surface area contributed by atoms with Crippen molar-refractivity contribution < 1.29 is 19.4 Å². The third kappa shape index (κ3) is 3.04. The second-order valence-electron chi connectivity index (χ2n) is 2.97. The minimum absolute atomic E-state index is 0.201. The van der Waals surface area contributed by atoms with Crippen LogP contribution in [0.3, 0.4) is 0 Å². The maximum absolute atomic E-state index is 11.5. The Labute approximate surface area is 97.0 Å². The predicted molar refractivity (Wildman–Crippen MR) is 58.9 cm³/mol. The van der Waals surface area contributed by atoms with Crippen LogP contribution in [-0.4, -0.2) is 30.1 Å². The van der Waals surface area contributed by atoms with E-state index in [0.717, 1.165) is 0 Å². The minimum Gasteiger partial charge on any atom is -0.464 e. The highest BCUT2D eigenvalue weighted by Gasteiger charge is 2.29. The molecule has 2 atom stereocenters. The first-order valence-corrected chi connectivity index (χ1v) is 5.66. The lowest BCUT2D eigenvalue weighted by Gasteiger charge is -2.19. The Bertz CT molecular complexity index is 339. The van der Waals surface area contributed by atoms with Crippen molar-refractivity contribution in [1.29, 1.82) is 0 Å². The molecule has 0 spiro atoms. The van der Waals surface area contributed by atoms with Gasteiger partial charge >= 0.3 is 5.97 Å². The Morgan fingerprint density at radius 3 is 3.00 bits per heavy atom. The van der Waals surface area contributed by atoms with E-state index >= 15 is 0 Å². The number of rotatable bonds is 6. The Morgan fingerprint density at radius 1 is 1.75 bits per heavy atom. The van der Waals surface area contributed by atoms with Gasteiger partial charge in [-0.25, -0.2) is 4.79 Å². The Balaban J connectivity index is 2.76. The van der Waals surface area contributed by atoms with Crippen molar-refractivity contribution in [1.82, 2.24) is 5.32 Å². The van der Waals surface area contributed by atoms with Gasteiger partial charge in [0.15, 0.2) is 6.04 Å². The fraction of sp³-hybridized carbons (Fsp3) is 0.400. The number of thiophene rings is 1. The fourth-order valence-corrected chi connectivity index (χ4v) is 1.96. The molecular formula is C10H13NO4S. The SMILES string of the molecule is CCOC(=O)C(NC=O)C(O)c1cccs1. The number of ether oxygens (including phenoxy) is 1. The Morgan fingerprint density at radius 2 is 2.50 bits per heavy atom. The lowest BCUT2D eigenvalue weighted by Crippen LogP contribution is -2.42. The van der Waals surface area contributed by atoms with Gasteiger partial charge in [0.05, 0.1) is 6.61 Å². The summed E-state index contributed by atoms with van der Waals surface area (Å²) >= 11 is 1.31. The Kier molecular flexibility index (Phi) is 4.94. The molecule has 0 aliphatic carbocycles. The summed E-state index contributed by atoms with van der Waals surface area (Å²) in [5, 5.41) is 13.9. The molecule has 2 unspecified atom stereocenters. The van der Waals surface area contributed by atoms with Gasteiger partial charge < -0.3 is 15.2 Å². The van der Waals surface area contributed by atoms with Crippen molar-refractivity contribution in [2.45, 2.75) is 19.1 Å². The molecule has 1 heterocycles. The molecule has 1 amide bonds. The van der Waals surface area contributed by atoms with Crippen LogP contribution in [0.5, 0.6) is 0 Å². The average Bonchev–Trinajstić information content (AvgIpc) is 2.78. The first-order valence-electron chi connectivity index (χ1n) is 4.78. The quantitative estimate of drug-likeness (QED) is 0.562. The molecular weight excluding hydrogens is 230 g/mol. The lowest BCUT2D eigenvalue weighted by atomic mass is 10.1. The highest BCUT2D eigenvalue weighted by Crippen LogP contribution is 2.22. The van der Waals surface area contributed by atoms with Crippen molar-refractivity contribution in [3.63, 3.8) is 0 Å². The molecule has 0 bridgehead atoms. The first kappa shape index (κ1) is 12.7. The van der Waals surface area contributed by atoms with E-state index in [1.165, 1.54) is 11.3 Å². The van der Waals surface area contributed by atoms with E-state index in [0.29, 0.717) is 11.3 Å². The zero-order chi connectivity index (χ0) is 12.0. The van der Waals surface area contributed by atoms with E-state index in [1.807, 2.05) is 0 Å². The van der Waals surface area contributed by atoms with Gasteiger partial charge in [-0.3, -0.25) is 4.79 Å². The molecule has 0 saturated carbocycles. The molecule has 6 heteroatoms. The van der Waals surface area contributed by atoms with Crippen LogP contribution in [0.1, 0.15) is 17.9 Å². The van der Waals surface area contributed by atoms with Gasteiger partial charge in [-0.15, -0.1) is 11.3 Å². The van der Waals surface area contributed by atoms with Crippen LogP contribution in [0.4, 0.5) is 0 Å². The van der Waals surface area contributed by atoms with E-state index in [4.69, 9.17) is 4.74 Å². The van der Waals surface area contributed by atoms with Crippen molar-refractivity contribution in [2.24, 2.45) is 0 Å². The van der Waals surface area contributed by atoms with E-state index in [2.05, 4.69) is 5.32 Å². The normalized spacial score (nSPS) is 13.9. The first-order chi connectivity index (χ1) is 7.70. The van der Waals surface area contributed by atoms with Crippen molar-refractivity contribution in [3.05, 3.63) is 22.4 Å². The summed E-state index contributed by atoms with van der Waals surface area (Å²) in [6.45, 7) is 1.86. The number of aliphatic hydroxyl groups excluding tert-OH is 1. The molecule has 0 saturated heterocycles. The summed E-state index contributed by atoms with van der Waals surface area (Å²) in [6.07, 6.45) is -0.706. The van der Waals surface area contributed by atoms with E-state index in [9.17, 15) is 14.7 Å². The van der Waals surface area contributed by atoms with E-state index < -0.39 is 18.1 Å². The zero-order valence-corrected chi connectivity index (χ0v) is 9.57. The summed E-state index contributed by atoms with van der Waals surface area (Å²) in [4.78, 5) is 22.4. The molecule has 88 valence electrons. The third-order valence-corrected chi connectivity index (χ3v) is 2.88. The maximum Gasteiger partial charge on any atom is 0.331 e. The van der Waals surface area contributed by atoms with Crippen molar-refractivity contribution >= 4 is 23.7 Å². The molecule has 0 fully saturated rings. The summed E-state index contributed by atoms with van der Waals surface area (Å²) in [7, 11) is 0. The second-order valence-corrected chi connectivity index (χ2v) is 3.95. The molecule has 0 radical (unpaired) electrons. The van der Waals surface area contributed by atoms with Gasteiger partial charge in [0, 0.05) is 4.88 Å². The average molecular weight is 243 g/mol. The standard InChI is InChI=1S/C10H13NO4S/c1-2-15-10(14)8(11-6-12)9(13)7-4-3-5-16-7/h3-6,8-9,13H,2H2,1H3,(H,11,12). The Hall–Kier alpha value is -1.40. The smallest absolute Gasteiger partial charge is 0.331 e. The van der Waals surface area contributed by atoms with Crippen LogP contribution >= 0.6 is 11.3 Å². The molecule has 1 aromatic rings. The highest BCUT2D eigenvalue weighted by molar-refractivity contribution is 7.10. The highest BCUT2D eigenvalue weighted by atomic mass is 32.1. The molecule has 0 aliphatic rings. The van der Waals surface area contributed by atoms with E-state index in [1.54, 1.807) is 24.4 Å². The maximum atomic E-state index is 11.5. The molecule has 0 aromatic carbocycles. The number of nitrogens with one attached hydrogen (secondary N) is 1. The van der Waals surface area contributed by atoms with Gasteiger partial charge in [-0.05, 0) is 18.4 Å². The summed E-state index contributed by atoms with van der Waals surface area (Å²) in [5.41, 5.74) is 0. The van der Waals surface area contributed by atoms with Crippen LogP contribution < -0.4 is 5.32 Å². The zero-order valence-electron chi connectivity index (χ0n) is 8.75. The number of aliphatic hydroxyl groups is 1. The molecule has 2 N–H and O–H groups in total. The number of hydrogen-bond acceptors (Lipinski definition) is 5. The molecule has 1 rings (SSSR count). The van der Waals surface area contributed by atoms with Gasteiger partial charge in [-0.1, -0.05) is 6.07 Å². The largest absolute Gasteiger partial charge is 0.464 e. The number of hydrogen-bond donors (Lipinski definition) is 2. The minimum atomic E-state index is -1.08. The van der Waals surface area contributed by atoms with Crippen LogP contribution in [0, 0.1) is 0 Å². The summed E-state index contributed by atoms with van der Waals surface area (Å²) < 4.78 is 4.76. The van der Waals surface area contributed by atoms with Gasteiger partial charge in [-0.2, -0.15) is 0 Å². The number of carbonyl (C=O) groups excluding carboxylic acids is 2. The molecule has 1 aromatic heterocycles. The summed E-state index contributed by atoms with van der Waals surface area (Å²) in [6, 6.07) is 2.39. The van der Waals surface area contributed by atoms with E-state index in [-0.39, 0.29) is 6.61 Å². The van der Waals surface area contributed by atoms with Gasteiger partial charge in [0.2, 0.25) is 6.41 Å². The molecule has 5 nitrogen and oxygen atoms in total. The predicted octanol–water partition coefficient (Wildman–Crippen LogP) is 0.459. The summed E-state index contributed by atoms with van der Waals surface area (Å²) in [5.74, 6) is -0.643. The van der Waals surface area contributed by atoms with Crippen LogP contribution in [0.2, 0.25) is 0 Å². The second kappa shape index (κ2) is 6.24. The van der Waals surface area contributed by atoms with Crippen LogP contribution in [-0.2, 0) is 14.3 Å². The number of carbonyl (C=O) groups is 2. The third-order valence-electron chi connectivity index (χ3n) is 1.94. The molecule has 0 aliphatic heterocycles. The van der Waals surface area contributed by atoms with Crippen molar-refractivity contribution in [2.75, 3.05) is 6.61 Å². The number of amides is 1. The topological polar surface area (TPSA) is 75.6 Å². The van der Waals surface area contributed by atoms with Gasteiger partial charge in [0.25, 0.3) is 0 Å². The monoisotopic (exact) mass is 243 g/mol.